The van der Waals surface area contributed by atoms with Gasteiger partial charge in [0.15, 0.2) is 0 Å². The Morgan fingerprint density at radius 2 is 1.83 bits per heavy atom. The van der Waals surface area contributed by atoms with Gasteiger partial charge < -0.3 is 14.8 Å². The lowest BCUT2D eigenvalue weighted by Crippen LogP contribution is -2.23. The molecule has 4 nitrogen and oxygen atoms in total. The summed E-state index contributed by atoms with van der Waals surface area (Å²) in [5.74, 6) is 1.51. The molecule has 0 aliphatic heterocycles. The van der Waals surface area contributed by atoms with Gasteiger partial charge in [0.2, 0.25) is 5.91 Å². The van der Waals surface area contributed by atoms with Crippen LogP contribution in [-0.2, 0) is 17.8 Å². The van der Waals surface area contributed by atoms with Crippen molar-refractivity contribution in [3.05, 3.63) is 58.6 Å². The number of carbonyl (C=O) groups is 1. The first-order valence-corrected chi connectivity index (χ1v) is 7.72. The minimum atomic E-state index is -0.0113. The zero-order valence-corrected chi connectivity index (χ0v) is 14.0. The van der Waals surface area contributed by atoms with Crippen LogP contribution in [0, 0.1) is 0 Å². The number of hydrogen-bond donors (Lipinski definition) is 1. The lowest BCUT2D eigenvalue weighted by Gasteiger charge is -2.10. The zero-order valence-electron chi connectivity index (χ0n) is 13.3. The number of carbonyl (C=O) groups excluding carboxylic acids is 1. The van der Waals surface area contributed by atoms with E-state index in [1.165, 1.54) is 0 Å². The van der Waals surface area contributed by atoms with Gasteiger partial charge in [-0.2, -0.15) is 0 Å². The number of hydrogen-bond acceptors (Lipinski definition) is 3. The van der Waals surface area contributed by atoms with Crippen molar-refractivity contribution < 1.29 is 14.3 Å². The average molecular weight is 334 g/mol. The van der Waals surface area contributed by atoms with Crippen LogP contribution in [-0.4, -0.2) is 20.1 Å². The predicted octanol–water partition coefficient (Wildman–Crippen LogP) is 3.61. The Balaban J connectivity index is 1.84. The molecule has 23 heavy (non-hydrogen) atoms. The second-order valence-corrected chi connectivity index (χ2v) is 5.52. The van der Waals surface area contributed by atoms with Crippen LogP contribution in [0.2, 0.25) is 5.02 Å². The molecule has 0 saturated carbocycles. The molecule has 0 aromatic heterocycles. The highest BCUT2D eigenvalue weighted by Crippen LogP contribution is 2.22. The Morgan fingerprint density at radius 3 is 2.48 bits per heavy atom. The SMILES string of the molecule is COc1ccc(CCC(=O)NCc2cc(Cl)ccc2OC)cc1. The monoisotopic (exact) mass is 333 g/mol. The lowest BCUT2D eigenvalue weighted by molar-refractivity contribution is -0.121. The first-order valence-electron chi connectivity index (χ1n) is 7.34. The number of rotatable bonds is 7. The molecule has 0 bridgehead atoms. The second kappa shape index (κ2) is 8.44. The molecule has 0 unspecified atom stereocenters. The Labute approximate surface area is 141 Å². The molecule has 0 heterocycles. The molecule has 2 aromatic rings. The van der Waals surface area contributed by atoms with Crippen LogP contribution in [0.3, 0.4) is 0 Å². The van der Waals surface area contributed by atoms with Crippen LogP contribution < -0.4 is 14.8 Å². The topological polar surface area (TPSA) is 47.6 Å². The molecule has 0 aliphatic carbocycles. The van der Waals surface area contributed by atoms with E-state index >= 15 is 0 Å². The molecule has 0 spiro atoms. The average Bonchev–Trinajstić information content (AvgIpc) is 2.58. The van der Waals surface area contributed by atoms with E-state index in [4.69, 9.17) is 21.1 Å². The van der Waals surface area contributed by atoms with Gasteiger partial charge in [-0.1, -0.05) is 23.7 Å². The first kappa shape index (κ1) is 17.2. The van der Waals surface area contributed by atoms with Crippen LogP contribution in [0.4, 0.5) is 0 Å². The summed E-state index contributed by atoms with van der Waals surface area (Å²) in [4.78, 5) is 12.0. The van der Waals surface area contributed by atoms with E-state index in [0.717, 1.165) is 16.9 Å². The van der Waals surface area contributed by atoms with Gasteiger partial charge in [-0.05, 0) is 42.3 Å². The number of nitrogens with one attached hydrogen (secondary N) is 1. The van der Waals surface area contributed by atoms with E-state index in [0.29, 0.717) is 30.2 Å². The van der Waals surface area contributed by atoms with Gasteiger partial charge >= 0.3 is 0 Å². The van der Waals surface area contributed by atoms with Crippen LogP contribution in [0.15, 0.2) is 42.5 Å². The van der Waals surface area contributed by atoms with Crippen molar-refractivity contribution in [2.45, 2.75) is 19.4 Å². The molecule has 0 atom stereocenters. The fraction of sp³-hybridized carbons (Fsp3) is 0.278. The fourth-order valence-corrected chi connectivity index (χ4v) is 2.41. The summed E-state index contributed by atoms with van der Waals surface area (Å²) in [6.07, 6.45) is 1.11. The van der Waals surface area contributed by atoms with Gasteiger partial charge in [0.1, 0.15) is 11.5 Å². The number of ether oxygens (including phenoxy) is 2. The number of amides is 1. The summed E-state index contributed by atoms with van der Waals surface area (Å²) in [5.41, 5.74) is 1.96. The highest BCUT2D eigenvalue weighted by Gasteiger charge is 2.07. The molecule has 2 aromatic carbocycles. The molecule has 1 N–H and O–H groups in total. The number of halogens is 1. The van der Waals surface area contributed by atoms with Crippen molar-refractivity contribution in [3.63, 3.8) is 0 Å². The third kappa shape index (κ3) is 5.18. The quantitative estimate of drug-likeness (QED) is 0.842. The van der Waals surface area contributed by atoms with E-state index in [-0.39, 0.29) is 5.91 Å². The maximum absolute atomic E-state index is 12.0. The van der Waals surface area contributed by atoms with E-state index in [9.17, 15) is 4.79 Å². The van der Waals surface area contributed by atoms with Gasteiger partial charge in [0, 0.05) is 23.6 Å². The van der Waals surface area contributed by atoms with Gasteiger partial charge in [-0.25, -0.2) is 0 Å². The summed E-state index contributed by atoms with van der Waals surface area (Å²) in [5, 5.41) is 3.51. The van der Waals surface area contributed by atoms with Crippen molar-refractivity contribution in [2.75, 3.05) is 14.2 Å². The van der Waals surface area contributed by atoms with Gasteiger partial charge in [-0.3, -0.25) is 4.79 Å². The molecule has 5 heteroatoms. The highest BCUT2D eigenvalue weighted by molar-refractivity contribution is 6.30. The Kier molecular flexibility index (Phi) is 6.29. The zero-order chi connectivity index (χ0) is 16.7. The number of aryl methyl sites for hydroxylation is 1. The third-order valence-electron chi connectivity index (χ3n) is 3.52. The number of methoxy groups -OCH3 is 2. The van der Waals surface area contributed by atoms with Crippen molar-refractivity contribution in [2.24, 2.45) is 0 Å². The summed E-state index contributed by atoms with van der Waals surface area (Å²) in [6.45, 7) is 0.394. The first-order chi connectivity index (χ1) is 11.1. The van der Waals surface area contributed by atoms with Crippen LogP contribution in [0.25, 0.3) is 0 Å². The van der Waals surface area contributed by atoms with Crippen molar-refractivity contribution in [1.29, 1.82) is 0 Å². The largest absolute Gasteiger partial charge is 0.497 e. The highest BCUT2D eigenvalue weighted by atomic mass is 35.5. The van der Waals surface area contributed by atoms with Crippen LogP contribution >= 0.6 is 11.6 Å². The minimum absolute atomic E-state index is 0.0113. The molecular formula is C18H20ClNO3. The van der Waals surface area contributed by atoms with E-state index in [1.807, 2.05) is 24.3 Å². The molecule has 0 fully saturated rings. The molecule has 0 saturated heterocycles. The van der Waals surface area contributed by atoms with Crippen molar-refractivity contribution in [1.82, 2.24) is 5.32 Å². The molecule has 2 rings (SSSR count). The normalized spacial score (nSPS) is 10.2. The summed E-state index contributed by atoms with van der Waals surface area (Å²) in [6, 6.07) is 13.1. The fourth-order valence-electron chi connectivity index (χ4n) is 2.22. The molecular weight excluding hydrogens is 314 g/mol. The van der Waals surface area contributed by atoms with Crippen LogP contribution in [0.5, 0.6) is 11.5 Å². The van der Waals surface area contributed by atoms with E-state index < -0.39 is 0 Å². The van der Waals surface area contributed by atoms with Gasteiger partial charge in [0.05, 0.1) is 14.2 Å². The summed E-state index contributed by atoms with van der Waals surface area (Å²) < 4.78 is 10.4. The molecule has 0 radical (unpaired) electrons. The minimum Gasteiger partial charge on any atom is -0.497 e. The van der Waals surface area contributed by atoms with Crippen molar-refractivity contribution in [3.8, 4) is 11.5 Å². The smallest absolute Gasteiger partial charge is 0.220 e. The molecule has 0 aliphatic rings. The van der Waals surface area contributed by atoms with Gasteiger partial charge in [0.25, 0.3) is 0 Å². The maximum atomic E-state index is 12.0. The van der Waals surface area contributed by atoms with E-state index in [1.54, 1.807) is 32.4 Å². The Bertz CT molecular complexity index is 656. The maximum Gasteiger partial charge on any atom is 0.220 e. The predicted molar refractivity (Wildman–Crippen MR) is 91.2 cm³/mol. The second-order valence-electron chi connectivity index (χ2n) is 5.08. The molecule has 1 amide bonds. The van der Waals surface area contributed by atoms with E-state index in [2.05, 4.69) is 5.32 Å². The lowest BCUT2D eigenvalue weighted by atomic mass is 10.1. The van der Waals surface area contributed by atoms with Crippen LogP contribution in [0.1, 0.15) is 17.5 Å². The number of benzene rings is 2. The van der Waals surface area contributed by atoms with Gasteiger partial charge in [-0.15, -0.1) is 0 Å². The van der Waals surface area contributed by atoms with Crippen molar-refractivity contribution >= 4 is 17.5 Å². The standard InChI is InChI=1S/C18H20ClNO3/c1-22-16-7-3-13(4-8-16)5-10-18(21)20-12-14-11-15(19)6-9-17(14)23-2/h3-4,6-9,11H,5,10,12H2,1-2H3,(H,20,21). The Hall–Kier alpha value is -2.20. The Morgan fingerprint density at radius 1 is 1.09 bits per heavy atom. The third-order valence-corrected chi connectivity index (χ3v) is 3.75. The summed E-state index contributed by atoms with van der Waals surface area (Å²) in [7, 11) is 3.23. The molecule has 122 valence electrons. The summed E-state index contributed by atoms with van der Waals surface area (Å²) >= 11 is 5.98.